The number of carbonyl (C=O) groups is 1. The molecule has 3 aromatic rings. The molecule has 0 N–H and O–H groups in total. The number of rotatable bonds is 12. The molecule has 0 aliphatic heterocycles. The topological polar surface area (TPSA) is 48.7 Å². The molecule has 4 nitrogen and oxygen atoms in total. The maximum absolute atomic E-state index is 13.1. The van der Waals surface area contributed by atoms with Crippen molar-refractivity contribution >= 4 is 28.7 Å². The van der Waals surface area contributed by atoms with Crippen molar-refractivity contribution in [3.05, 3.63) is 60.7 Å². The van der Waals surface area contributed by atoms with E-state index in [2.05, 4.69) is 18.2 Å². The normalized spacial score (nSPS) is 12.5. The van der Waals surface area contributed by atoms with Crippen LogP contribution in [0.4, 0.5) is 13.2 Å². The van der Waals surface area contributed by atoms with Crippen molar-refractivity contribution in [2.45, 2.75) is 50.8 Å². The Labute approximate surface area is 207 Å². The minimum absolute atomic E-state index is 0.129. The van der Waals surface area contributed by atoms with Gasteiger partial charge in [-0.1, -0.05) is 39.3 Å². The minimum Gasteiger partial charge on any atom is -0.462 e. The van der Waals surface area contributed by atoms with Crippen molar-refractivity contribution in [3.8, 4) is 17.1 Å². The van der Waals surface area contributed by atoms with Crippen LogP contribution in [0.1, 0.15) is 38.7 Å². The summed E-state index contributed by atoms with van der Waals surface area (Å²) in [5.41, 5.74) is 1.62. The van der Waals surface area contributed by atoms with Gasteiger partial charge in [-0.2, -0.15) is 0 Å². The van der Waals surface area contributed by atoms with Crippen LogP contribution in [0.2, 0.25) is 0 Å². The number of carbonyl (C=O) groups excluding carboxylic acids is 1. The van der Waals surface area contributed by atoms with Gasteiger partial charge in [0.15, 0.2) is 0 Å². The Balaban J connectivity index is 1.78. The zero-order valence-electron chi connectivity index (χ0n) is 19.8. The number of unbranched alkanes of at least 4 members (excludes halogenated alkanes) is 2. The third-order valence-electron chi connectivity index (χ3n) is 5.31. The van der Waals surface area contributed by atoms with Gasteiger partial charge in [-0.3, -0.25) is 0 Å². The molecule has 0 amide bonds. The van der Waals surface area contributed by atoms with Crippen molar-refractivity contribution in [2.24, 2.45) is 5.92 Å². The average Bonchev–Trinajstić information content (AvgIpc) is 3.23. The molecule has 0 aliphatic rings. The number of esters is 1. The fourth-order valence-electron chi connectivity index (χ4n) is 3.52. The standard InChI is InChI=1S/C27H29F3O4S/c1-4-6-7-8-19-9-12-22(25(13-19)34-27(28,29)30)24-14-20-10-11-21(15-23(20)33-24)35-17-18(3)16-32-26(31)5-2/h5,9-15,18H,2,4,6-8,16-17H2,1,3H3. The molecular weight excluding hydrogens is 477 g/mol. The van der Waals surface area contributed by atoms with Gasteiger partial charge in [0.2, 0.25) is 0 Å². The van der Waals surface area contributed by atoms with E-state index in [9.17, 15) is 18.0 Å². The minimum atomic E-state index is -4.80. The van der Waals surface area contributed by atoms with E-state index in [0.717, 1.165) is 41.2 Å². The van der Waals surface area contributed by atoms with Crippen LogP contribution in [0.5, 0.6) is 5.75 Å². The third kappa shape index (κ3) is 8.09. The second kappa shape index (κ2) is 12.2. The number of furan rings is 1. The summed E-state index contributed by atoms with van der Waals surface area (Å²) in [7, 11) is 0. The molecule has 35 heavy (non-hydrogen) atoms. The molecule has 1 atom stereocenters. The summed E-state index contributed by atoms with van der Waals surface area (Å²) in [6.45, 7) is 7.72. The molecule has 188 valence electrons. The number of halogens is 3. The fourth-order valence-corrected chi connectivity index (χ4v) is 4.45. The van der Waals surface area contributed by atoms with Gasteiger partial charge in [0.25, 0.3) is 0 Å². The van der Waals surface area contributed by atoms with Crippen molar-refractivity contribution in [3.63, 3.8) is 0 Å². The van der Waals surface area contributed by atoms with E-state index in [4.69, 9.17) is 9.15 Å². The van der Waals surface area contributed by atoms with Crippen molar-refractivity contribution in [2.75, 3.05) is 12.4 Å². The highest BCUT2D eigenvalue weighted by Gasteiger charge is 2.32. The fraction of sp³-hybridized carbons (Fsp3) is 0.370. The Morgan fingerprint density at radius 1 is 1.17 bits per heavy atom. The molecule has 1 aromatic heterocycles. The van der Waals surface area contributed by atoms with Gasteiger partial charge >= 0.3 is 12.3 Å². The Bertz CT molecular complexity index is 1150. The molecule has 1 heterocycles. The van der Waals surface area contributed by atoms with Crippen LogP contribution in [0.25, 0.3) is 22.3 Å². The van der Waals surface area contributed by atoms with Crippen LogP contribution in [-0.4, -0.2) is 24.7 Å². The van der Waals surface area contributed by atoms with E-state index < -0.39 is 12.3 Å². The zero-order chi connectivity index (χ0) is 25.4. The first-order chi connectivity index (χ1) is 16.7. The summed E-state index contributed by atoms with van der Waals surface area (Å²) < 4.78 is 54.7. The number of aryl methyl sites for hydroxylation is 1. The highest BCUT2D eigenvalue weighted by atomic mass is 32.2. The maximum atomic E-state index is 13.1. The number of benzene rings is 2. The Morgan fingerprint density at radius 3 is 2.69 bits per heavy atom. The van der Waals surface area contributed by atoms with Crippen molar-refractivity contribution in [1.29, 1.82) is 0 Å². The first-order valence-corrected chi connectivity index (χ1v) is 12.5. The number of alkyl halides is 3. The molecule has 0 aliphatic carbocycles. The highest BCUT2D eigenvalue weighted by Crippen LogP contribution is 2.38. The number of fused-ring (bicyclic) bond motifs is 1. The smallest absolute Gasteiger partial charge is 0.462 e. The van der Waals surface area contributed by atoms with E-state index in [1.165, 1.54) is 6.07 Å². The summed E-state index contributed by atoms with van der Waals surface area (Å²) in [5.74, 6) is 0.445. The second-order valence-electron chi connectivity index (χ2n) is 8.40. The molecule has 0 saturated carbocycles. The van der Waals surface area contributed by atoms with Crippen LogP contribution in [-0.2, 0) is 16.0 Å². The predicted octanol–water partition coefficient (Wildman–Crippen LogP) is 8.19. The predicted molar refractivity (Wildman–Crippen MR) is 133 cm³/mol. The molecule has 0 bridgehead atoms. The number of ether oxygens (including phenoxy) is 2. The largest absolute Gasteiger partial charge is 0.573 e. The lowest BCUT2D eigenvalue weighted by Gasteiger charge is -2.13. The lowest BCUT2D eigenvalue weighted by Crippen LogP contribution is -2.17. The third-order valence-corrected chi connectivity index (χ3v) is 6.63. The van der Waals surface area contributed by atoms with Gasteiger partial charge < -0.3 is 13.9 Å². The van der Waals surface area contributed by atoms with Crippen LogP contribution in [0.15, 0.2) is 64.4 Å². The number of hydrogen-bond donors (Lipinski definition) is 0. The molecule has 0 radical (unpaired) electrons. The Hall–Kier alpha value is -2.87. The highest BCUT2D eigenvalue weighted by molar-refractivity contribution is 7.99. The lowest BCUT2D eigenvalue weighted by molar-refractivity contribution is -0.274. The van der Waals surface area contributed by atoms with E-state index in [0.29, 0.717) is 30.1 Å². The second-order valence-corrected chi connectivity index (χ2v) is 9.49. The zero-order valence-corrected chi connectivity index (χ0v) is 20.6. The van der Waals surface area contributed by atoms with Gasteiger partial charge in [-0.05, 0) is 60.7 Å². The van der Waals surface area contributed by atoms with Gasteiger partial charge in [-0.15, -0.1) is 24.9 Å². The molecule has 3 rings (SSSR count). The molecule has 0 saturated heterocycles. The van der Waals surface area contributed by atoms with E-state index in [-0.39, 0.29) is 17.2 Å². The van der Waals surface area contributed by atoms with Gasteiger partial charge in [0.05, 0.1) is 12.2 Å². The van der Waals surface area contributed by atoms with E-state index in [1.807, 2.05) is 31.2 Å². The van der Waals surface area contributed by atoms with Crippen LogP contribution in [0.3, 0.4) is 0 Å². The first kappa shape index (κ1) is 26.7. The lowest BCUT2D eigenvalue weighted by atomic mass is 10.0. The van der Waals surface area contributed by atoms with Gasteiger partial charge in [0, 0.05) is 22.1 Å². The van der Waals surface area contributed by atoms with Crippen LogP contribution in [0, 0.1) is 5.92 Å². The molecule has 2 aromatic carbocycles. The Kier molecular flexibility index (Phi) is 9.32. The average molecular weight is 507 g/mol. The van der Waals surface area contributed by atoms with Gasteiger partial charge in [0.1, 0.15) is 17.1 Å². The molecular formula is C27H29F3O4S. The summed E-state index contributed by atoms with van der Waals surface area (Å²) in [6.07, 6.45) is -0.0302. The summed E-state index contributed by atoms with van der Waals surface area (Å²) in [5, 5.41) is 0.780. The van der Waals surface area contributed by atoms with E-state index >= 15 is 0 Å². The van der Waals surface area contributed by atoms with Crippen molar-refractivity contribution in [1.82, 2.24) is 0 Å². The summed E-state index contributed by atoms with van der Waals surface area (Å²) >= 11 is 1.58. The van der Waals surface area contributed by atoms with Crippen LogP contribution < -0.4 is 4.74 Å². The quantitative estimate of drug-likeness (QED) is 0.107. The Morgan fingerprint density at radius 2 is 1.97 bits per heavy atom. The SMILES string of the molecule is C=CC(=O)OCC(C)CSc1ccc2cc(-c3ccc(CCCCC)cc3OC(F)(F)F)oc2c1. The summed E-state index contributed by atoms with van der Waals surface area (Å²) in [6, 6.07) is 12.3. The number of hydrogen-bond acceptors (Lipinski definition) is 5. The van der Waals surface area contributed by atoms with Crippen molar-refractivity contribution < 1.29 is 31.9 Å². The van der Waals surface area contributed by atoms with Gasteiger partial charge in [-0.25, -0.2) is 4.79 Å². The molecule has 1 unspecified atom stereocenters. The molecule has 0 fully saturated rings. The molecule has 0 spiro atoms. The first-order valence-electron chi connectivity index (χ1n) is 11.5. The number of thioether (sulfide) groups is 1. The maximum Gasteiger partial charge on any atom is 0.573 e. The monoisotopic (exact) mass is 506 g/mol. The van der Waals surface area contributed by atoms with Crippen LogP contribution >= 0.6 is 11.8 Å². The molecule has 8 heteroatoms. The summed E-state index contributed by atoms with van der Waals surface area (Å²) in [4.78, 5) is 12.1. The van der Waals surface area contributed by atoms with E-state index in [1.54, 1.807) is 23.9 Å².